The summed E-state index contributed by atoms with van der Waals surface area (Å²) >= 11 is 0. The van der Waals surface area contributed by atoms with E-state index in [1.165, 1.54) is 5.56 Å². The minimum Gasteiger partial charge on any atom is -0.384 e. The summed E-state index contributed by atoms with van der Waals surface area (Å²) < 4.78 is 0. The first-order valence-corrected chi connectivity index (χ1v) is 7.68. The number of unbranched alkanes of at least 4 members (excludes halogenated alkanes) is 1. The van der Waals surface area contributed by atoms with Gasteiger partial charge < -0.3 is 10.6 Å². The number of hydrogen-bond acceptors (Lipinski definition) is 3. The van der Waals surface area contributed by atoms with Crippen molar-refractivity contribution < 1.29 is 4.79 Å². The van der Waals surface area contributed by atoms with Gasteiger partial charge in [-0.2, -0.15) is 0 Å². The van der Waals surface area contributed by atoms with Gasteiger partial charge in [0, 0.05) is 12.1 Å². The molecule has 0 fully saturated rings. The number of aryl methyl sites for hydroxylation is 2. The van der Waals surface area contributed by atoms with Crippen LogP contribution in [0.5, 0.6) is 0 Å². The summed E-state index contributed by atoms with van der Waals surface area (Å²) in [6.07, 6.45) is 4.03. The molecule has 1 aromatic heterocycles. The van der Waals surface area contributed by atoms with Gasteiger partial charge in [0.1, 0.15) is 5.82 Å². The highest BCUT2D eigenvalue weighted by molar-refractivity contribution is 6.03. The second-order valence-electron chi connectivity index (χ2n) is 5.47. The SMILES string of the molecule is CCCCNc1ccc(NC(=O)c2ccc(C)c(C)c2)nc1. The molecule has 116 valence electrons. The summed E-state index contributed by atoms with van der Waals surface area (Å²) in [5, 5.41) is 6.12. The summed E-state index contributed by atoms with van der Waals surface area (Å²) in [6.45, 7) is 7.13. The number of carbonyl (C=O) groups is 1. The summed E-state index contributed by atoms with van der Waals surface area (Å²) in [7, 11) is 0. The van der Waals surface area contributed by atoms with E-state index in [-0.39, 0.29) is 5.91 Å². The van der Waals surface area contributed by atoms with Crippen LogP contribution in [0, 0.1) is 13.8 Å². The summed E-state index contributed by atoms with van der Waals surface area (Å²) in [6, 6.07) is 9.42. The molecule has 0 bridgehead atoms. The van der Waals surface area contributed by atoms with Crippen molar-refractivity contribution >= 4 is 17.4 Å². The van der Waals surface area contributed by atoms with E-state index in [0.717, 1.165) is 30.6 Å². The number of aromatic nitrogens is 1. The zero-order valence-corrected chi connectivity index (χ0v) is 13.4. The van der Waals surface area contributed by atoms with Gasteiger partial charge in [-0.1, -0.05) is 19.4 Å². The van der Waals surface area contributed by atoms with Crippen molar-refractivity contribution in [1.82, 2.24) is 4.98 Å². The molecule has 2 aromatic rings. The van der Waals surface area contributed by atoms with Gasteiger partial charge in [0.2, 0.25) is 0 Å². The van der Waals surface area contributed by atoms with Crippen LogP contribution in [0.3, 0.4) is 0 Å². The molecule has 0 radical (unpaired) electrons. The van der Waals surface area contributed by atoms with Gasteiger partial charge in [-0.15, -0.1) is 0 Å². The van der Waals surface area contributed by atoms with Crippen molar-refractivity contribution in [3.63, 3.8) is 0 Å². The van der Waals surface area contributed by atoms with Crippen molar-refractivity contribution in [3.05, 3.63) is 53.2 Å². The van der Waals surface area contributed by atoms with Gasteiger partial charge in [-0.25, -0.2) is 4.98 Å². The number of carbonyl (C=O) groups excluding carboxylic acids is 1. The number of rotatable bonds is 6. The first-order valence-electron chi connectivity index (χ1n) is 7.68. The normalized spacial score (nSPS) is 10.3. The molecule has 22 heavy (non-hydrogen) atoms. The highest BCUT2D eigenvalue weighted by Gasteiger charge is 2.07. The molecule has 0 aliphatic rings. The Hall–Kier alpha value is -2.36. The number of anilines is 2. The van der Waals surface area contributed by atoms with E-state index in [1.807, 2.05) is 44.2 Å². The molecule has 0 atom stereocenters. The molecule has 2 N–H and O–H groups in total. The van der Waals surface area contributed by atoms with Gasteiger partial charge >= 0.3 is 0 Å². The Labute approximate surface area is 132 Å². The molecule has 0 spiro atoms. The van der Waals surface area contributed by atoms with E-state index in [9.17, 15) is 4.79 Å². The highest BCUT2D eigenvalue weighted by atomic mass is 16.1. The van der Waals surface area contributed by atoms with Crippen molar-refractivity contribution in [2.75, 3.05) is 17.2 Å². The molecule has 0 saturated heterocycles. The van der Waals surface area contributed by atoms with E-state index in [1.54, 1.807) is 6.20 Å². The van der Waals surface area contributed by atoms with Crippen molar-refractivity contribution in [2.24, 2.45) is 0 Å². The summed E-state index contributed by atoms with van der Waals surface area (Å²) in [4.78, 5) is 16.5. The second kappa shape index (κ2) is 7.59. The monoisotopic (exact) mass is 297 g/mol. The summed E-state index contributed by atoms with van der Waals surface area (Å²) in [5.41, 5.74) is 3.90. The molecule has 0 aliphatic heterocycles. The van der Waals surface area contributed by atoms with E-state index < -0.39 is 0 Å². The van der Waals surface area contributed by atoms with Crippen LogP contribution in [0.2, 0.25) is 0 Å². The summed E-state index contributed by atoms with van der Waals surface area (Å²) in [5.74, 6) is 0.423. The molecule has 1 heterocycles. The molecule has 4 nitrogen and oxygen atoms in total. The van der Waals surface area contributed by atoms with Gasteiger partial charge in [0.25, 0.3) is 5.91 Å². The molecule has 0 unspecified atom stereocenters. The topological polar surface area (TPSA) is 54.0 Å². The fourth-order valence-electron chi connectivity index (χ4n) is 2.05. The van der Waals surface area contributed by atoms with Gasteiger partial charge in [0.15, 0.2) is 0 Å². The Morgan fingerprint density at radius 3 is 2.59 bits per heavy atom. The predicted molar refractivity (Wildman–Crippen MR) is 91.5 cm³/mol. The molecule has 0 saturated carbocycles. The molecule has 2 rings (SSSR count). The second-order valence-corrected chi connectivity index (χ2v) is 5.47. The van der Waals surface area contributed by atoms with Crippen LogP contribution >= 0.6 is 0 Å². The molecule has 1 aromatic carbocycles. The quantitative estimate of drug-likeness (QED) is 0.787. The number of benzene rings is 1. The van der Waals surface area contributed by atoms with Crippen LogP contribution in [0.15, 0.2) is 36.5 Å². The van der Waals surface area contributed by atoms with Crippen molar-refractivity contribution in [3.8, 4) is 0 Å². The van der Waals surface area contributed by atoms with Gasteiger partial charge in [-0.05, 0) is 55.7 Å². The lowest BCUT2D eigenvalue weighted by Gasteiger charge is -2.08. The van der Waals surface area contributed by atoms with Crippen LogP contribution in [-0.4, -0.2) is 17.4 Å². The van der Waals surface area contributed by atoms with Crippen LogP contribution in [0.1, 0.15) is 41.3 Å². The van der Waals surface area contributed by atoms with Crippen LogP contribution in [0.4, 0.5) is 11.5 Å². The van der Waals surface area contributed by atoms with Crippen LogP contribution < -0.4 is 10.6 Å². The third-order valence-electron chi connectivity index (χ3n) is 3.63. The lowest BCUT2D eigenvalue weighted by Crippen LogP contribution is -2.13. The van der Waals surface area contributed by atoms with E-state index in [2.05, 4.69) is 22.5 Å². The van der Waals surface area contributed by atoms with Gasteiger partial charge in [-0.3, -0.25) is 4.79 Å². The van der Waals surface area contributed by atoms with Crippen molar-refractivity contribution in [1.29, 1.82) is 0 Å². The molecular formula is C18H23N3O. The number of nitrogens with one attached hydrogen (secondary N) is 2. The number of pyridine rings is 1. The Kier molecular flexibility index (Phi) is 5.53. The smallest absolute Gasteiger partial charge is 0.256 e. The highest BCUT2D eigenvalue weighted by Crippen LogP contribution is 2.13. The number of nitrogens with zero attached hydrogens (tertiary/aromatic N) is 1. The standard InChI is InChI=1S/C18H23N3O/c1-4-5-10-19-16-8-9-17(20-12-16)21-18(22)15-7-6-13(2)14(3)11-15/h6-9,11-12,19H,4-5,10H2,1-3H3,(H,20,21,22). The number of hydrogen-bond donors (Lipinski definition) is 2. The zero-order valence-electron chi connectivity index (χ0n) is 13.4. The third kappa shape index (κ3) is 4.32. The average molecular weight is 297 g/mol. The Bertz CT molecular complexity index is 635. The third-order valence-corrected chi connectivity index (χ3v) is 3.63. The predicted octanol–water partition coefficient (Wildman–Crippen LogP) is 4.16. The Morgan fingerprint density at radius 1 is 1.14 bits per heavy atom. The van der Waals surface area contributed by atoms with Crippen molar-refractivity contribution in [2.45, 2.75) is 33.6 Å². The fourth-order valence-corrected chi connectivity index (χ4v) is 2.05. The van der Waals surface area contributed by atoms with Crippen LogP contribution in [-0.2, 0) is 0 Å². The average Bonchev–Trinajstić information content (AvgIpc) is 2.52. The zero-order chi connectivity index (χ0) is 15.9. The number of amides is 1. The first kappa shape index (κ1) is 16.0. The maximum atomic E-state index is 12.2. The Morgan fingerprint density at radius 2 is 1.95 bits per heavy atom. The largest absolute Gasteiger partial charge is 0.384 e. The maximum Gasteiger partial charge on any atom is 0.256 e. The van der Waals surface area contributed by atoms with Gasteiger partial charge in [0.05, 0.1) is 11.9 Å². The van der Waals surface area contributed by atoms with E-state index in [4.69, 9.17) is 0 Å². The minimum absolute atomic E-state index is 0.137. The minimum atomic E-state index is -0.137. The molecule has 4 heteroatoms. The lowest BCUT2D eigenvalue weighted by atomic mass is 10.1. The first-order chi connectivity index (χ1) is 10.6. The van der Waals surface area contributed by atoms with E-state index in [0.29, 0.717) is 11.4 Å². The lowest BCUT2D eigenvalue weighted by molar-refractivity contribution is 0.102. The molecular weight excluding hydrogens is 274 g/mol. The van der Waals surface area contributed by atoms with E-state index >= 15 is 0 Å². The molecule has 1 amide bonds. The van der Waals surface area contributed by atoms with Crippen LogP contribution in [0.25, 0.3) is 0 Å². The Balaban J connectivity index is 1.97. The fraction of sp³-hybridized carbons (Fsp3) is 0.333. The molecule has 0 aliphatic carbocycles. The maximum absolute atomic E-state index is 12.2.